The zero-order valence-electron chi connectivity index (χ0n) is 7.15. The molecule has 0 saturated heterocycles. The molecule has 1 rings (SSSR count). The van der Waals surface area contributed by atoms with Gasteiger partial charge in [0, 0.05) is 12.7 Å². The molecule has 1 heterocycles. The number of carbonyl (C=O) groups is 1. The number of hydrogen-bond donors (Lipinski definition) is 2. The zero-order chi connectivity index (χ0) is 9.84. The Morgan fingerprint density at radius 3 is 2.92 bits per heavy atom. The monoisotopic (exact) mass is 182 g/mol. The number of rotatable bonds is 3. The summed E-state index contributed by atoms with van der Waals surface area (Å²) in [7, 11) is 1.37. The highest BCUT2D eigenvalue weighted by molar-refractivity contribution is 5.90. The van der Waals surface area contributed by atoms with Gasteiger partial charge in [0.05, 0.1) is 7.11 Å². The molecule has 0 unspecified atom stereocenters. The molecule has 1 aromatic heterocycles. The van der Waals surface area contributed by atoms with Gasteiger partial charge in [-0.3, -0.25) is 0 Å². The third-order valence-electron chi connectivity index (χ3n) is 1.57. The van der Waals surface area contributed by atoms with E-state index < -0.39 is 5.97 Å². The number of methoxy groups -OCH3 is 1. The summed E-state index contributed by atoms with van der Waals surface area (Å²) in [5.41, 5.74) is 6.03. The van der Waals surface area contributed by atoms with Crippen molar-refractivity contribution in [1.29, 1.82) is 0 Å². The predicted molar refractivity (Wildman–Crippen MR) is 45.6 cm³/mol. The lowest BCUT2D eigenvalue weighted by atomic mass is 10.2. The molecule has 0 aromatic carbocycles. The van der Waals surface area contributed by atoms with Crippen molar-refractivity contribution in [2.24, 2.45) is 5.73 Å². The molecular weight excluding hydrogens is 172 g/mol. The molecular formula is C8H10N2O3. The SMILES string of the molecule is COc1ncc(CN)cc1C(=O)O. The van der Waals surface area contributed by atoms with Crippen LogP contribution >= 0.6 is 0 Å². The fourth-order valence-corrected chi connectivity index (χ4v) is 0.923. The van der Waals surface area contributed by atoms with Gasteiger partial charge in [0.15, 0.2) is 0 Å². The van der Waals surface area contributed by atoms with Crippen LogP contribution in [0.15, 0.2) is 12.3 Å². The fourth-order valence-electron chi connectivity index (χ4n) is 0.923. The van der Waals surface area contributed by atoms with Crippen LogP contribution in [0, 0.1) is 0 Å². The molecule has 1 aromatic rings. The first-order valence-electron chi connectivity index (χ1n) is 3.65. The van der Waals surface area contributed by atoms with Crippen LogP contribution in [0.4, 0.5) is 0 Å². The normalized spacial score (nSPS) is 9.69. The van der Waals surface area contributed by atoms with Gasteiger partial charge >= 0.3 is 5.97 Å². The maximum Gasteiger partial charge on any atom is 0.341 e. The molecule has 5 nitrogen and oxygen atoms in total. The van der Waals surface area contributed by atoms with Crippen molar-refractivity contribution in [3.63, 3.8) is 0 Å². The molecule has 0 spiro atoms. The van der Waals surface area contributed by atoms with Crippen molar-refractivity contribution in [3.05, 3.63) is 23.4 Å². The van der Waals surface area contributed by atoms with Gasteiger partial charge in [-0.05, 0) is 11.6 Å². The summed E-state index contributed by atoms with van der Waals surface area (Å²) >= 11 is 0. The van der Waals surface area contributed by atoms with E-state index in [2.05, 4.69) is 4.98 Å². The lowest BCUT2D eigenvalue weighted by molar-refractivity contribution is 0.0692. The molecule has 5 heteroatoms. The summed E-state index contributed by atoms with van der Waals surface area (Å²) < 4.78 is 4.77. The van der Waals surface area contributed by atoms with Gasteiger partial charge in [-0.1, -0.05) is 0 Å². The first kappa shape index (κ1) is 9.47. The van der Waals surface area contributed by atoms with E-state index in [0.717, 1.165) is 0 Å². The average Bonchev–Trinajstić information content (AvgIpc) is 2.16. The first-order valence-corrected chi connectivity index (χ1v) is 3.65. The number of nitrogens with zero attached hydrogens (tertiary/aromatic N) is 1. The standard InChI is InChI=1S/C8H10N2O3/c1-13-7-6(8(11)12)2-5(3-9)4-10-7/h2,4H,3,9H2,1H3,(H,11,12). The molecule has 13 heavy (non-hydrogen) atoms. The van der Waals surface area contributed by atoms with Crippen molar-refractivity contribution < 1.29 is 14.6 Å². The maximum atomic E-state index is 10.7. The van der Waals surface area contributed by atoms with E-state index in [-0.39, 0.29) is 18.0 Å². The minimum atomic E-state index is -1.07. The van der Waals surface area contributed by atoms with Crippen LogP contribution in [0.5, 0.6) is 5.88 Å². The van der Waals surface area contributed by atoms with Crippen molar-refractivity contribution in [2.45, 2.75) is 6.54 Å². The Bertz CT molecular complexity index is 325. The number of nitrogens with two attached hydrogens (primary N) is 1. The maximum absolute atomic E-state index is 10.7. The van der Waals surface area contributed by atoms with E-state index in [1.807, 2.05) is 0 Å². The van der Waals surface area contributed by atoms with E-state index in [1.54, 1.807) is 0 Å². The highest BCUT2D eigenvalue weighted by Crippen LogP contribution is 2.15. The topological polar surface area (TPSA) is 85.4 Å². The molecule has 0 aliphatic rings. The Balaban J connectivity index is 3.18. The van der Waals surface area contributed by atoms with Crippen LogP contribution in [0.2, 0.25) is 0 Å². The van der Waals surface area contributed by atoms with Crippen molar-refractivity contribution in [3.8, 4) is 5.88 Å². The molecule has 0 bridgehead atoms. The van der Waals surface area contributed by atoms with Gasteiger partial charge in [-0.25, -0.2) is 9.78 Å². The molecule has 0 radical (unpaired) electrons. The molecule has 0 amide bonds. The summed E-state index contributed by atoms with van der Waals surface area (Å²) in [6.45, 7) is 0.261. The Labute approximate surface area is 75.2 Å². The summed E-state index contributed by atoms with van der Waals surface area (Å²) in [6, 6.07) is 1.45. The van der Waals surface area contributed by atoms with Crippen LogP contribution in [-0.2, 0) is 6.54 Å². The van der Waals surface area contributed by atoms with Crippen LogP contribution in [0.1, 0.15) is 15.9 Å². The largest absolute Gasteiger partial charge is 0.480 e. The van der Waals surface area contributed by atoms with E-state index >= 15 is 0 Å². The van der Waals surface area contributed by atoms with Gasteiger partial charge in [0.1, 0.15) is 5.56 Å². The highest BCUT2D eigenvalue weighted by Gasteiger charge is 2.12. The van der Waals surface area contributed by atoms with Crippen LogP contribution in [0.25, 0.3) is 0 Å². The van der Waals surface area contributed by atoms with Gasteiger partial charge < -0.3 is 15.6 Å². The number of hydrogen-bond acceptors (Lipinski definition) is 4. The third kappa shape index (κ3) is 1.94. The molecule has 70 valence electrons. The Hall–Kier alpha value is -1.62. The van der Waals surface area contributed by atoms with Crippen LogP contribution < -0.4 is 10.5 Å². The number of pyridine rings is 1. The molecule has 3 N–H and O–H groups in total. The molecule has 0 aliphatic carbocycles. The quantitative estimate of drug-likeness (QED) is 0.699. The minimum absolute atomic E-state index is 0.0328. The smallest absolute Gasteiger partial charge is 0.341 e. The number of ether oxygens (including phenoxy) is 1. The second-order valence-corrected chi connectivity index (χ2v) is 2.41. The number of aromatic nitrogens is 1. The van der Waals surface area contributed by atoms with Gasteiger partial charge in [-0.2, -0.15) is 0 Å². The summed E-state index contributed by atoms with van der Waals surface area (Å²) in [5, 5.41) is 8.76. The Morgan fingerprint density at radius 2 is 2.46 bits per heavy atom. The van der Waals surface area contributed by atoms with Crippen molar-refractivity contribution in [1.82, 2.24) is 4.98 Å². The fraction of sp³-hybridized carbons (Fsp3) is 0.250. The first-order chi connectivity index (χ1) is 6.19. The molecule has 0 fully saturated rings. The number of aromatic carboxylic acids is 1. The van der Waals surface area contributed by atoms with E-state index in [1.165, 1.54) is 19.4 Å². The van der Waals surface area contributed by atoms with Crippen molar-refractivity contribution >= 4 is 5.97 Å². The second kappa shape index (κ2) is 3.86. The van der Waals surface area contributed by atoms with Gasteiger partial charge in [-0.15, -0.1) is 0 Å². The zero-order valence-corrected chi connectivity index (χ0v) is 7.15. The third-order valence-corrected chi connectivity index (χ3v) is 1.57. The van der Waals surface area contributed by atoms with E-state index in [0.29, 0.717) is 5.56 Å². The van der Waals surface area contributed by atoms with Crippen LogP contribution in [-0.4, -0.2) is 23.2 Å². The van der Waals surface area contributed by atoms with Gasteiger partial charge in [0.25, 0.3) is 0 Å². The number of carboxylic acids is 1. The average molecular weight is 182 g/mol. The summed E-state index contributed by atoms with van der Waals surface area (Å²) in [6.07, 6.45) is 1.49. The van der Waals surface area contributed by atoms with E-state index in [4.69, 9.17) is 15.6 Å². The molecule has 0 saturated carbocycles. The predicted octanol–water partition coefficient (Wildman–Crippen LogP) is 0.247. The lowest BCUT2D eigenvalue weighted by Gasteiger charge is -2.04. The second-order valence-electron chi connectivity index (χ2n) is 2.41. The summed E-state index contributed by atoms with van der Waals surface area (Å²) in [5.74, 6) is -0.968. The lowest BCUT2D eigenvalue weighted by Crippen LogP contribution is -2.05. The van der Waals surface area contributed by atoms with Gasteiger partial charge in [0.2, 0.25) is 5.88 Å². The number of carboxylic acid groups (broad SMARTS) is 1. The molecule has 0 aliphatic heterocycles. The van der Waals surface area contributed by atoms with Crippen molar-refractivity contribution in [2.75, 3.05) is 7.11 Å². The molecule has 0 atom stereocenters. The Kier molecular flexibility index (Phi) is 2.81. The summed E-state index contributed by atoms with van der Waals surface area (Å²) in [4.78, 5) is 14.5. The van der Waals surface area contributed by atoms with E-state index in [9.17, 15) is 4.79 Å². The Morgan fingerprint density at radius 1 is 1.77 bits per heavy atom. The minimum Gasteiger partial charge on any atom is -0.480 e. The highest BCUT2D eigenvalue weighted by atomic mass is 16.5. The van der Waals surface area contributed by atoms with Crippen LogP contribution in [0.3, 0.4) is 0 Å².